The lowest BCUT2D eigenvalue weighted by Gasteiger charge is -2.37. The Kier molecular flexibility index (Phi) is 4.33. The van der Waals surface area contributed by atoms with Crippen LogP contribution in [0.5, 0.6) is 11.5 Å². The van der Waals surface area contributed by atoms with Gasteiger partial charge >= 0.3 is 0 Å². The molecular formula is C22H20O7. The highest BCUT2D eigenvalue weighted by atomic mass is 16.5. The molecule has 3 N–H and O–H groups in total. The van der Waals surface area contributed by atoms with E-state index in [1.54, 1.807) is 19.1 Å². The second kappa shape index (κ2) is 6.50. The van der Waals surface area contributed by atoms with Crippen molar-refractivity contribution in [1.29, 1.82) is 0 Å². The van der Waals surface area contributed by atoms with E-state index in [0.29, 0.717) is 11.1 Å². The summed E-state index contributed by atoms with van der Waals surface area (Å²) in [7, 11) is 1.33. The predicted octanol–water partition coefficient (Wildman–Crippen LogP) is 1.62. The van der Waals surface area contributed by atoms with Gasteiger partial charge in [-0.3, -0.25) is 14.4 Å². The van der Waals surface area contributed by atoms with Gasteiger partial charge in [0.15, 0.2) is 17.3 Å². The molecule has 0 bridgehead atoms. The number of benzene rings is 2. The molecule has 7 heteroatoms. The van der Waals surface area contributed by atoms with E-state index >= 15 is 0 Å². The molecule has 2 aromatic rings. The molecule has 7 nitrogen and oxygen atoms in total. The van der Waals surface area contributed by atoms with Gasteiger partial charge in [-0.25, -0.2) is 0 Å². The van der Waals surface area contributed by atoms with E-state index in [9.17, 15) is 29.7 Å². The molecule has 0 spiro atoms. The van der Waals surface area contributed by atoms with Gasteiger partial charge in [-0.2, -0.15) is 0 Å². The van der Waals surface area contributed by atoms with Gasteiger partial charge in [-0.15, -0.1) is 0 Å². The van der Waals surface area contributed by atoms with E-state index in [1.165, 1.54) is 13.2 Å². The Hall–Kier alpha value is -3.03. The summed E-state index contributed by atoms with van der Waals surface area (Å²) in [5.74, 6) is -2.40. The number of phenolic OH excluding ortho intramolecular Hbond substituents is 2. The molecule has 0 unspecified atom stereocenters. The fourth-order valence-corrected chi connectivity index (χ4v) is 4.52. The molecule has 0 aliphatic heterocycles. The Morgan fingerprint density at radius 3 is 2.38 bits per heavy atom. The number of aryl methyl sites for hydroxylation is 1. The van der Waals surface area contributed by atoms with Crippen molar-refractivity contribution in [2.75, 3.05) is 13.7 Å². The number of fused-ring (bicyclic) bond motifs is 3. The van der Waals surface area contributed by atoms with Crippen molar-refractivity contribution in [3.63, 3.8) is 0 Å². The number of methoxy groups -OCH3 is 1. The van der Waals surface area contributed by atoms with Crippen LogP contribution in [0.4, 0.5) is 0 Å². The van der Waals surface area contributed by atoms with Gasteiger partial charge in [-0.05, 0) is 25.3 Å². The lowest BCUT2D eigenvalue weighted by molar-refractivity contribution is -0.145. The smallest absolute Gasteiger partial charge is 0.198 e. The summed E-state index contributed by atoms with van der Waals surface area (Å²) in [4.78, 5) is 38.6. The maximum Gasteiger partial charge on any atom is 0.198 e. The minimum atomic E-state index is -1.36. The average molecular weight is 396 g/mol. The van der Waals surface area contributed by atoms with Gasteiger partial charge in [0.05, 0.1) is 11.1 Å². The van der Waals surface area contributed by atoms with Crippen LogP contribution < -0.4 is 0 Å². The van der Waals surface area contributed by atoms with E-state index in [-0.39, 0.29) is 52.8 Å². The maximum absolute atomic E-state index is 13.1. The number of hydrogen-bond acceptors (Lipinski definition) is 7. The Labute approximate surface area is 166 Å². The zero-order valence-corrected chi connectivity index (χ0v) is 16.0. The third-order valence-electron chi connectivity index (χ3n) is 6.14. The molecule has 0 heterocycles. The molecule has 0 aromatic heterocycles. The molecule has 2 aliphatic rings. The molecular weight excluding hydrogens is 376 g/mol. The van der Waals surface area contributed by atoms with Crippen molar-refractivity contribution >= 4 is 17.3 Å². The molecule has 0 fully saturated rings. The number of aliphatic hydroxyl groups is 1. The lowest BCUT2D eigenvalue weighted by atomic mass is 9.72. The fraction of sp³-hybridized carbons (Fsp3) is 0.318. The monoisotopic (exact) mass is 396 g/mol. The second-order valence-corrected chi connectivity index (χ2v) is 7.52. The number of ether oxygens (including phenoxy) is 1. The molecule has 4 rings (SSSR count). The predicted molar refractivity (Wildman–Crippen MR) is 102 cm³/mol. The van der Waals surface area contributed by atoms with Crippen LogP contribution in [0.15, 0.2) is 18.2 Å². The Bertz CT molecular complexity index is 1100. The highest BCUT2D eigenvalue weighted by Crippen LogP contribution is 2.47. The maximum atomic E-state index is 13.1. The first-order chi connectivity index (χ1) is 13.8. The van der Waals surface area contributed by atoms with Gasteiger partial charge in [0, 0.05) is 35.8 Å². The summed E-state index contributed by atoms with van der Waals surface area (Å²) < 4.78 is 5.39. The lowest BCUT2D eigenvalue weighted by Crippen LogP contribution is -2.47. The molecule has 29 heavy (non-hydrogen) atoms. The molecule has 1 atom stereocenters. The summed E-state index contributed by atoms with van der Waals surface area (Å²) in [6.45, 7) is 0.975. The van der Waals surface area contributed by atoms with Crippen LogP contribution in [0.2, 0.25) is 0 Å². The zero-order valence-electron chi connectivity index (χ0n) is 16.0. The van der Waals surface area contributed by atoms with Crippen molar-refractivity contribution in [2.45, 2.75) is 31.8 Å². The highest BCUT2D eigenvalue weighted by molar-refractivity contribution is 6.31. The third kappa shape index (κ3) is 2.47. The number of carbonyl (C=O) groups excluding carboxylic acids is 3. The number of Topliss-reactive ketones (excluding diaryl/α,β-unsaturated/α-hetero) is 1. The SMILES string of the molecule is CO[C@]1(C(=O)CO)CCc2c(O)c3c(c(O)c2C1)C(=O)c1cccc(C)c1C3=O. The fourth-order valence-electron chi connectivity index (χ4n) is 4.52. The number of aromatic hydroxyl groups is 2. The van der Waals surface area contributed by atoms with Crippen molar-refractivity contribution in [3.8, 4) is 11.5 Å². The first-order valence-electron chi connectivity index (χ1n) is 9.25. The quantitative estimate of drug-likeness (QED) is 0.575. The number of carbonyl (C=O) groups is 3. The van der Waals surface area contributed by atoms with Crippen molar-refractivity contribution in [1.82, 2.24) is 0 Å². The molecule has 0 amide bonds. The van der Waals surface area contributed by atoms with Crippen LogP contribution in [-0.4, -0.2) is 52.0 Å². The number of ketones is 3. The van der Waals surface area contributed by atoms with Crippen LogP contribution in [-0.2, 0) is 22.4 Å². The molecule has 2 aliphatic carbocycles. The van der Waals surface area contributed by atoms with Gasteiger partial charge < -0.3 is 20.1 Å². The molecule has 2 aromatic carbocycles. The number of phenols is 2. The molecule has 150 valence electrons. The zero-order chi connectivity index (χ0) is 21.1. The normalized spacial score (nSPS) is 20.1. The average Bonchev–Trinajstić information content (AvgIpc) is 2.73. The van der Waals surface area contributed by atoms with E-state index in [2.05, 4.69) is 0 Å². The van der Waals surface area contributed by atoms with E-state index in [4.69, 9.17) is 4.74 Å². The van der Waals surface area contributed by atoms with E-state index in [1.807, 2.05) is 0 Å². The Morgan fingerprint density at radius 2 is 1.72 bits per heavy atom. The first kappa shape index (κ1) is 19.3. The van der Waals surface area contributed by atoms with Crippen molar-refractivity contribution in [3.05, 3.63) is 57.1 Å². The highest BCUT2D eigenvalue weighted by Gasteiger charge is 2.46. The number of hydrogen-bond donors (Lipinski definition) is 3. The summed E-state index contributed by atoms with van der Waals surface area (Å²) in [5, 5.41) is 31.2. The summed E-state index contributed by atoms with van der Waals surface area (Å²) in [6, 6.07) is 4.86. The molecule has 0 saturated carbocycles. The first-order valence-corrected chi connectivity index (χ1v) is 9.25. The molecule has 0 saturated heterocycles. The van der Waals surface area contributed by atoms with Crippen molar-refractivity contribution < 1.29 is 34.4 Å². The second-order valence-electron chi connectivity index (χ2n) is 7.52. The molecule has 0 radical (unpaired) electrons. The van der Waals surface area contributed by atoms with E-state index < -0.39 is 35.3 Å². The van der Waals surface area contributed by atoms with Gasteiger partial charge in [0.2, 0.25) is 0 Å². The minimum absolute atomic E-state index is 0.118. The largest absolute Gasteiger partial charge is 0.507 e. The van der Waals surface area contributed by atoms with Crippen LogP contribution in [0.25, 0.3) is 0 Å². The summed E-state index contributed by atoms with van der Waals surface area (Å²) in [6.07, 6.45) is 0.191. The number of aliphatic hydroxyl groups excluding tert-OH is 1. The minimum Gasteiger partial charge on any atom is -0.507 e. The van der Waals surface area contributed by atoms with Crippen LogP contribution >= 0.6 is 0 Å². The standard InChI is InChI=1S/C22H20O7/c1-10-4-3-5-12-15(10)21(28)17-16(19(12)26)20(27)13-8-22(29-2,14(24)9-23)7-6-11(13)18(17)25/h3-5,23,25,27H,6-9H2,1-2H3/t22-/m1/s1. The van der Waals surface area contributed by atoms with Crippen molar-refractivity contribution in [2.24, 2.45) is 0 Å². The van der Waals surface area contributed by atoms with Crippen LogP contribution in [0.1, 0.15) is 55.0 Å². The number of rotatable bonds is 3. The third-order valence-corrected chi connectivity index (χ3v) is 6.14. The van der Waals surface area contributed by atoms with Gasteiger partial charge in [0.25, 0.3) is 0 Å². The summed E-state index contributed by atoms with van der Waals surface area (Å²) >= 11 is 0. The summed E-state index contributed by atoms with van der Waals surface area (Å²) in [5.41, 5.74) is -0.328. The van der Waals surface area contributed by atoms with Gasteiger partial charge in [0.1, 0.15) is 23.7 Å². The van der Waals surface area contributed by atoms with Crippen LogP contribution in [0, 0.1) is 6.92 Å². The Morgan fingerprint density at radius 1 is 1.07 bits per heavy atom. The van der Waals surface area contributed by atoms with E-state index in [0.717, 1.165) is 0 Å². The Balaban J connectivity index is 1.97. The van der Waals surface area contributed by atoms with Gasteiger partial charge in [-0.1, -0.05) is 18.2 Å². The topological polar surface area (TPSA) is 121 Å². The van der Waals surface area contributed by atoms with Crippen LogP contribution in [0.3, 0.4) is 0 Å².